The molecule has 1 aromatic heterocycles. The Morgan fingerprint density at radius 2 is 1.84 bits per heavy atom. The Kier molecular flexibility index (Phi) is 5.52. The normalized spacial score (nSPS) is 18.1. The van der Waals surface area contributed by atoms with E-state index in [9.17, 15) is 4.79 Å². The summed E-state index contributed by atoms with van der Waals surface area (Å²) >= 11 is 1.50. The molecule has 1 saturated heterocycles. The monoisotopic (exact) mass is 438 g/mol. The molecule has 0 unspecified atom stereocenters. The Balaban J connectivity index is 1.74. The number of hydrogen-bond acceptors (Lipinski definition) is 7. The number of aldehydes is 1. The molecule has 1 N–H and O–H groups in total. The number of nitrogens with zero attached hydrogens (tertiary/aromatic N) is 3. The first kappa shape index (κ1) is 21.7. The Labute approximate surface area is 187 Å². The van der Waals surface area contributed by atoms with Gasteiger partial charge >= 0.3 is 0 Å². The van der Waals surface area contributed by atoms with Gasteiger partial charge in [0.2, 0.25) is 5.13 Å². The van der Waals surface area contributed by atoms with E-state index in [1.807, 2.05) is 30.3 Å². The number of methoxy groups -OCH3 is 1. The SMILES string of the molecule is COc1cc2ccccc2c(C=O)c1-c1nnc(N(C)C2CC(C)(C)NC(C)(C)C2)s1. The summed E-state index contributed by atoms with van der Waals surface area (Å²) in [7, 11) is 3.71. The molecule has 6 nitrogen and oxygen atoms in total. The maximum Gasteiger partial charge on any atom is 0.208 e. The Bertz CT molecular complexity index is 1110. The molecule has 0 spiro atoms. The van der Waals surface area contributed by atoms with Crippen molar-refractivity contribution in [3.05, 3.63) is 35.9 Å². The van der Waals surface area contributed by atoms with Crippen LogP contribution in [-0.4, -0.2) is 47.8 Å². The van der Waals surface area contributed by atoms with Crippen LogP contribution in [0.5, 0.6) is 5.75 Å². The van der Waals surface area contributed by atoms with E-state index in [1.54, 1.807) is 7.11 Å². The summed E-state index contributed by atoms with van der Waals surface area (Å²) in [6.07, 6.45) is 2.92. The molecule has 1 aliphatic rings. The minimum Gasteiger partial charge on any atom is -0.496 e. The lowest BCUT2D eigenvalue weighted by molar-refractivity contribution is 0.112. The van der Waals surface area contributed by atoms with Crippen LogP contribution in [0.4, 0.5) is 5.13 Å². The molecule has 2 heterocycles. The van der Waals surface area contributed by atoms with Crippen LogP contribution in [0.3, 0.4) is 0 Å². The van der Waals surface area contributed by atoms with E-state index in [4.69, 9.17) is 4.74 Å². The molecule has 164 valence electrons. The van der Waals surface area contributed by atoms with Gasteiger partial charge in [-0.1, -0.05) is 35.6 Å². The number of carbonyl (C=O) groups excluding carboxylic acids is 1. The summed E-state index contributed by atoms with van der Waals surface area (Å²) in [4.78, 5) is 14.3. The van der Waals surface area contributed by atoms with Crippen molar-refractivity contribution >= 4 is 33.5 Å². The highest BCUT2D eigenvalue weighted by Crippen LogP contribution is 2.41. The van der Waals surface area contributed by atoms with Gasteiger partial charge in [-0.3, -0.25) is 4.79 Å². The number of piperidine rings is 1. The molecule has 0 aliphatic carbocycles. The van der Waals surface area contributed by atoms with E-state index >= 15 is 0 Å². The van der Waals surface area contributed by atoms with E-state index in [-0.39, 0.29) is 11.1 Å². The van der Waals surface area contributed by atoms with Crippen molar-refractivity contribution in [2.24, 2.45) is 0 Å². The van der Waals surface area contributed by atoms with E-state index in [1.165, 1.54) is 11.3 Å². The second-order valence-corrected chi connectivity index (χ2v) is 10.6. The second-order valence-electron chi connectivity index (χ2n) is 9.66. The van der Waals surface area contributed by atoms with Crippen molar-refractivity contribution in [3.8, 4) is 16.3 Å². The molecule has 0 saturated carbocycles. The molecule has 1 fully saturated rings. The fourth-order valence-corrected chi connectivity index (χ4v) is 5.95. The molecule has 31 heavy (non-hydrogen) atoms. The first-order valence-corrected chi connectivity index (χ1v) is 11.4. The van der Waals surface area contributed by atoms with Crippen molar-refractivity contribution in [2.45, 2.75) is 57.7 Å². The number of carbonyl (C=O) groups is 1. The molecule has 3 aromatic rings. The van der Waals surface area contributed by atoms with E-state index in [2.05, 4.69) is 55.2 Å². The van der Waals surface area contributed by atoms with Gasteiger partial charge < -0.3 is 15.0 Å². The van der Waals surface area contributed by atoms with Gasteiger partial charge in [0.05, 0.1) is 12.7 Å². The smallest absolute Gasteiger partial charge is 0.208 e. The number of benzene rings is 2. The van der Waals surface area contributed by atoms with E-state index in [0.29, 0.717) is 27.9 Å². The van der Waals surface area contributed by atoms with Gasteiger partial charge in [0.1, 0.15) is 5.75 Å². The van der Waals surface area contributed by atoms with Crippen LogP contribution in [-0.2, 0) is 0 Å². The number of fused-ring (bicyclic) bond motifs is 1. The van der Waals surface area contributed by atoms with Crippen LogP contribution < -0.4 is 15.0 Å². The minimum absolute atomic E-state index is 0.0421. The highest BCUT2D eigenvalue weighted by Gasteiger charge is 2.40. The Morgan fingerprint density at radius 3 is 2.48 bits per heavy atom. The van der Waals surface area contributed by atoms with Crippen LogP contribution in [0.15, 0.2) is 30.3 Å². The zero-order chi connectivity index (χ0) is 22.4. The Morgan fingerprint density at radius 1 is 1.16 bits per heavy atom. The van der Waals surface area contributed by atoms with Crippen molar-refractivity contribution in [2.75, 3.05) is 19.1 Å². The third kappa shape index (κ3) is 4.16. The molecule has 4 rings (SSSR count). The van der Waals surface area contributed by atoms with Crippen molar-refractivity contribution < 1.29 is 9.53 Å². The van der Waals surface area contributed by atoms with Crippen LogP contribution in [0.2, 0.25) is 0 Å². The van der Waals surface area contributed by atoms with Gasteiger partial charge in [0.25, 0.3) is 0 Å². The standard InChI is InChI=1S/C24H30N4O2S/c1-23(2)12-16(13-24(3,4)27-23)28(5)22-26-25-21(31-22)20-18(14-29)17-10-8-7-9-15(17)11-19(20)30-6/h7-11,14,16,27H,12-13H2,1-6H3. The number of nitrogens with one attached hydrogen (secondary N) is 1. The maximum atomic E-state index is 12.1. The first-order valence-electron chi connectivity index (χ1n) is 10.5. The average Bonchev–Trinajstić information content (AvgIpc) is 3.19. The van der Waals surface area contributed by atoms with Gasteiger partial charge in [-0.25, -0.2) is 0 Å². The summed E-state index contributed by atoms with van der Waals surface area (Å²) in [5.41, 5.74) is 1.38. The zero-order valence-electron chi connectivity index (χ0n) is 19.0. The van der Waals surface area contributed by atoms with E-state index in [0.717, 1.165) is 35.0 Å². The molecule has 2 aromatic carbocycles. The fraction of sp³-hybridized carbons (Fsp3) is 0.458. The zero-order valence-corrected chi connectivity index (χ0v) is 19.8. The van der Waals surface area contributed by atoms with Crippen LogP contribution >= 0.6 is 11.3 Å². The molecule has 0 bridgehead atoms. The second kappa shape index (κ2) is 7.88. The number of rotatable bonds is 5. The van der Waals surface area contributed by atoms with E-state index < -0.39 is 0 Å². The average molecular weight is 439 g/mol. The predicted octanol–water partition coefficient (Wildman–Crippen LogP) is 4.92. The quantitative estimate of drug-likeness (QED) is 0.570. The number of anilines is 1. The van der Waals surface area contributed by atoms with Crippen LogP contribution in [0.1, 0.15) is 50.9 Å². The van der Waals surface area contributed by atoms with Gasteiger partial charge in [-0.05, 0) is 57.4 Å². The first-order chi connectivity index (χ1) is 14.6. The van der Waals surface area contributed by atoms with Gasteiger partial charge in [0.15, 0.2) is 11.3 Å². The topological polar surface area (TPSA) is 67.3 Å². The van der Waals surface area contributed by atoms with Crippen LogP contribution in [0, 0.1) is 0 Å². The van der Waals surface area contributed by atoms with Crippen molar-refractivity contribution in [1.82, 2.24) is 15.5 Å². The number of aromatic nitrogens is 2. The highest BCUT2D eigenvalue weighted by molar-refractivity contribution is 7.18. The number of ether oxygens (including phenoxy) is 1. The third-order valence-corrected chi connectivity index (χ3v) is 7.07. The highest BCUT2D eigenvalue weighted by atomic mass is 32.1. The lowest BCUT2D eigenvalue weighted by Gasteiger charge is -2.48. The third-order valence-electron chi connectivity index (χ3n) is 6.04. The number of hydrogen-bond donors (Lipinski definition) is 1. The van der Waals surface area contributed by atoms with Crippen molar-refractivity contribution in [1.29, 1.82) is 0 Å². The van der Waals surface area contributed by atoms with Gasteiger partial charge in [-0.2, -0.15) is 0 Å². The molecule has 0 amide bonds. The predicted molar refractivity (Wildman–Crippen MR) is 128 cm³/mol. The summed E-state index contributed by atoms with van der Waals surface area (Å²) in [5.74, 6) is 0.635. The molecular formula is C24H30N4O2S. The molecule has 0 atom stereocenters. The molecule has 0 radical (unpaired) electrons. The summed E-state index contributed by atoms with van der Waals surface area (Å²) in [6, 6.07) is 10.1. The fourth-order valence-electron chi connectivity index (χ4n) is 5.01. The maximum absolute atomic E-state index is 12.1. The molecular weight excluding hydrogens is 408 g/mol. The van der Waals surface area contributed by atoms with Gasteiger partial charge in [-0.15, -0.1) is 10.2 Å². The van der Waals surface area contributed by atoms with Gasteiger partial charge in [0, 0.05) is 29.7 Å². The van der Waals surface area contributed by atoms with Crippen LogP contribution in [0.25, 0.3) is 21.3 Å². The molecule has 7 heteroatoms. The lowest BCUT2D eigenvalue weighted by atomic mass is 9.79. The van der Waals surface area contributed by atoms with Crippen molar-refractivity contribution in [3.63, 3.8) is 0 Å². The lowest BCUT2D eigenvalue weighted by Crippen LogP contribution is -2.61. The largest absolute Gasteiger partial charge is 0.496 e. The summed E-state index contributed by atoms with van der Waals surface area (Å²) < 4.78 is 5.65. The summed E-state index contributed by atoms with van der Waals surface area (Å²) in [6.45, 7) is 8.99. The summed E-state index contributed by atoms with van der Waals surface area (Å²) in [5, 5.41) is 16.1. The Hall–Kier alpha value is -2.51. The molecule has 1 aliphatic heterocycles. The minimum atomic E-state index is 0.0421.